The molecule has 0 aromatic heterocycles. The first-order valence-electron chi connectivity index (χ1n) is 14.1. The first-order chi connectivity index (χ1) is 19.8. The SMILES string of the molecule is Cc1cc(Oc2ccccc2)ccc1N1C(=O)NC2=C(C(=O)N[C@@H]3CCN(C(=O)CN(C)C)C3)SC3NCCC1C23. The number of thioether (sulfide) groups is 1. The summed E-state index contributed by atoms with van der Waals surface area (Å²) in [6.07, 6.45) is 1.50. The van der Waals surface area contributed by atoms with Gasteiger partial charge in [0.05, 0.1) is 22.9 Å². The largest absolute Gasteiger partial charge is 0.457 e. The van der Waals surface area contributed by atoms with Gasteiger partial charge >= 0.3 is 6.03 Å². The van der Waals surface area contributed by atoms with Crippen molar-refractivity contribution in [3.63, 3.8) is 0 Å². The lowest BCUT2D eigenvalue weighted by Gasteiger charge is -2.46. The molecule has 4 heterocycles. The summed E-state index contributed by atoms with van der Waals surface area (Å²) >= 11 is 1.49. The van der Waals surface area contributed by atoms with Crippen LogP contribution in [0, 0.1) is 12.8 Å². The molecular weight excluding hydrogens is 540 g/mol. The molecule has 0 radical (unpaired) electrons. The van der Waals surface area contributed by atoms with Crippen molar-refractivity contribution in [1.29, 1.82) is 0 Å². The highest BCUT2D eigenvalue weighted by Crippen LogP contribution is 2.48. The molecule has 4 atom stereocenters. The molecule has 3 fully saturated rings. The van der Waals surface area contributed by atoms with E-state index in [1.165, 1.54) is 11.8 Å². The molecule has 3 unspecified atom stereocenters. The van der Waals surface area contributed by atoms with E-state index in [9.17, 15) is 14.4 Å². The Morgan fingerprint density at radius 3 is 2.68 bits per heavy atom. The first kappa shape index (κ1) is 27.6. The summed E-state index contributed by atoms with van der Waals surface area (Å²) < 4.78 is 6.00. The molecule has 216 valence electrons. The fourth-order valence-electron chi connectivity index (χ4n) is 6.21. The Labute approximate surface area is 244 Å². The second-order valence-corrected chi connectivity index (χ2v) is 12.5. The highest BCUT2D eigenvalue weighted by molar-refractivity contribution is 8.04. The number of nitrogens with one attached hydrogen (secondary N) is 3. The van der Waals surface area contributed by atoms with Crippen LogP contribution in [0.2, 0.25) is 0 Å². The number of amides is 4. The number of anilines is 1. The van der Waals surface area contributed by atoms with E-state index in [-0.39, 0.29) is 41.2 Å². The number of nitrogens with zero attached hydrogens (tertiary/aromatic N) is 3. The summed E-state index contributed by atoms with van der Waals surface area (Å²) in [6, 6.07) is 15.0. The number of benzene rings is 2. The highest BCUT2D eigenvalue weighted by Gasteiger charge is 2.52. The smallest absolute Gasteiger partial charge is 0.326 e. The summed E-state index contributed by atoms with van der Waals surface area (Å²) in [6.45, 7) is 4.23. The molecule has 2 aromatic rings. The van der Waals surface area contributed by atoms with E-state index in [0.29, 0.717) is 36.0 Å². The minimum Gasteiger partial charge on any atom is -0.457 e. The van der Waals surface area contributed by atoms with Crippen LogP contribution in [0.25, 0.3) is 0 Å². The van der Waals surface area contributed by atoms with E-state index < -0.39 is 0 Å². The number of rotatable bonds is 7. The molecule has 4 aliphatic heterocycles. The average Bonchev–Trinajstić information content (AvgIpc) is 3.56. The number of likely N-dealkylation sites (tertiary alicyclic amines) is 1. The number of urea groups is 1. The average molecular weight is 577 g/mol. The molecule has 0 aliphatic carbocycles. The number of ether oxygens (including phenoxy) is 1. The zero-order valence-corrected chi connectivity index (χ0v) is 24.4. The summed E-state index contributed by atoms with van der Waals surface area (Å²) in [5, 5.41) is 9.77. The molecule has 3 N–H and O–H groups in total. The fraction of sp³-hybridized carbons (Fsp3) is 0.433. The highest BCUT2D eigenvalue weighted by atomic mass is 32.2. The number of hydrogen-bond acceptors (Lipinski definition) is 7. The predicted octanol–water partition coefficient (Wildman–Crippen LogP) is 2.86. The second-order valence-electron chi connectivity index (χ2n) is 11.3. The molecule has 3 saturated heterocycles. The number of para-hydroxylation sites is 1. The Kier molecular flexibility index (Phi) is 7.67. The van der Waals surface area contributed by atoms with Gasteiger partial charge < -0.3 is 30.5 Å². The van der Waals surface area contributed by atoms with Crippen molar-refractivity contribution >= 4 is 35.3 Å². The van der Waals surface area contributed by atoms with E-state index in [4.69, 9.17) is 4.74 Å². The maximum Gasteiger partial charge on any atom is 0.326 e. The maximum atomic E-state index is 13.6. The molecule has 6 rings (SSSR count). The molecule has 10 nitrogen and oxygen atoms in total. The number of carbonyl (C=O) groups is 3. The Hall–Kier alpha value is -3.54. The lowest BCUT2D eigenvalue weighted by molar-refractivity contribution is -0.131. The van der Waals surface area contributed by atoms with Crippen molar-refractivity contribution < 1.29 is 19.1 Å². The quantitative estimate of drug-likeness (QED) is 0.466. The molecule has 41 heavy (non-hydrogen) atoms. The van der Waals surface area contributed by atoms with Gasteiger partial charge in [-0.2, -0.15) is 0 Å². The third-order valence-electron chi connectivity index (χ3n) is 8.08. The van der Waals surface area contributed by atoms with Crippen molar-refractivity contribution in [3.8, 4) is 11.5 Å². The van der Waals surface area contributed by atoms with Crippen LogP contribution in [0.5, 0.6) is 11.5 Å². The van der Waals surface area contributed by atoms with Crippen LogP contribution >= 0.6 is 11.8 Å². The van der Waals surface area contributed by atoms with Crippen LogP contribution < -0.4 is 25.6 Å². The van der Waals surface area contributed by atoms with E-state index in [2.05, 4.69) is 16.0 Å². The molecule has 0 bridgehead atoms. The van der Waals surface area contributed by atoms with Crippen LogP contribution in [0.3, 0.4) is 0 Å². The lowest BCUT2D eigenvalue weighted by atomic mass is 9.86. The van der Waals surface area contributed by atoms with Crippen LogP contribution in [0.15, 0.2) is 59.1 Å². The van der Waals surface area contributed by atoms with Gasteiger partial charge in [0.15, 0.2) is 0 Å². The van der Waals surface area contributed by atoms with Gasteiger partial charge in [0.25, 0.3) is 5.91 Å². The summed E-state index contributed by atoms with van der Waals surface area (Å²) in [5.74, 6) is 1.32. The number of carbonyl (C=O) groups excluding carboxylic acids is 3. The Bertz CT molecular complexity index is 1380. The predicted molar refractivity (Wildman–Crippen MR) is 159 cm³/mol. The van der Waals surface area contributed by atoms with Crippen LogP contribution in [-0.4, -0.2) is 85.4 Å². The van der Waals surface area contributed by atoms with Gasteiger partial charge in [-0.1, -0.05) is 30.0 Å². The van der Waals surface area contributed by atoms with Gasteiger partial charge in [-0.15, -0.1) is 0 Å². The molecule has 0 saturated carbocycles. The van der Waals surface area contributed by atoms with Gasteiger partial charge in [-0.25, -0.2) is 4.79 Å². The van der Waals surface area contributed by atoms with E-state index >= 15 is 0 Å². The molecular formula is C30H36N6O4S. The topological polar surface area (TPSA) is 106 Å². The third-order valence-corrected chi connectivity index (χ3v) is 9.44. The second kappa shape index (κ2) is 11.4. The van der Waals surface area contributed by atoms with Crippen LogP contribution in [0.1, 0.15) is 18.4 Å². The minimum absolute atomic E-state index is 0.00432. The Morgan fingerprint density at radius 1 is 1.12 bits per heavy atom. The molecule has 11 heteroatoms. The van der Waals surface area contributed by atoms with Crippen molar-refractivity contribution in [2.24, 2.45) is 5.92 Å². The monoisotopic (exact) mass is 576 g/mol. The van der Waals surface area contributed by atoms with Crippen LogP contribution in [0.4, 0.5) is 10.5 Å². The molecule has 2 aromatic carbocycles. The number of likely N-dealkylation sites (N-methyl/N-ethyl adjacent to an activating group) is 1. The molecule has 4 amide bonds. The van der Waals surface area contributed by atoms with Gasteiger partial charge in [0.1, 0.15) is 11.5 Å². The van der Waals surface area contributed by atoms with Crippen molar-refractivity contribution in [1.82, 2.24) is 25.8 Å². The van der Waals surface area contributed by atoms with E-state index in [1.54, 1.807) is 4.90 Å². The van der Waals surface area contributed by atoms with Gasteiger partial charge in [0.2, 0.25) is 5.91 Å². The summed E-state index contributed by atoms with van der Waals surface area (Å²) in [5.41, 5.74) is 2.48. The minimum atomic E-state index is -0.226. The van der Waals surface area contributed by atoms with Gasteiger partial charge in [-0.05, 0) is 76.3 Å². The number of piperidine rings is 1. The zero-order valence-electron chi connectivity index (χ0n) is 23.6. The maximum absolute atomic E-state index is 13.6. The molecule has 0 spiro atoms. The fourth-order valence-corrected chi connectivity index (χ4v) is 7.61. The van der Waals surface area contributed by atoms with Crippen molar-refractivity contribution in [3.05, 3.63) is 64.7 Å². The number of hydrogen-bond donors (Lipinski definition) is 3. The zero-order chi connectivity index (χ0) is 28.7. The first-order valence-corrected chi connectivity index (χ1v) is 15.0. The van der Waals surface area contributed by atoms with Gasteiger partial charge in [-0.3, -0.25) is 14.5 Å². The Balaban J connectivity index is 1.18. The van der Waals surface area contributed by atoms with Crippen molar-refractivity contribution in [2.75, 3.05) is 45.2 Å². The van der Waals surface area contributed by atoms with Crippen molar-refractivity contribution in [2.45, 2.75) is 37.2 Å². The molecule has 4 aliphatic rings. The number of aryl methyl sites for hydroxylation is 1. The standard InChI is InChI=1S/C30H36N6O4S/c1-18-15-21(40-20-7-5-4-6-8-20)9-10-22(18)36-23-11-13-31-29-25(23)26(33-30(36)39)27(41-29)28(38)32-19-12-14-35(16-19)24(37)17-34(2)3/h4-10,15,19,23,25,29,31H,11-14,16-17H2,1-3H3,(H,32,38)(H,33,39)/t19-,23?,25?,29?/m1/s1. The van der Waals surface area contributed by atoms with Crippen LogP contribution in [-0.2, 0) is 9.59 Å². The van der Waals surface area contributed by atoms with Gasteiger partial charge in [0, 0.05) is 36.4 Å². The normalized spacial score (nSPS) is 25.3. The Morgan fingerprint density at radius 2 is 1.93 bits per heavy atom. The van der Waals surface area contributed by atoms with E-state index in [0.717, 1.165) is 36.4 Å². The lowest BCUT2D eigenvalue weighted by Crippen LogP contribution is -2.62. The third kappa shape index (κ3) is 5.53. The summed E-state index contributed by atoms with van der Waals surface area (Å²) in [4.78, 5) is 45.6. The van der Waals surface area contributed by atoms with E-state index in [1.807, 2.05) is 79.3 Å². The summed E-state index contributed by atoms with van der Waals surface area (Å²) in [7, 11) is 3.74.